The van der Waals surface area contributed by atoms with Crippen molar-refractivity contribution in [2.24, 2.45) is 17.9 Å². The Morgan fingerprint density at radius 3 is 3.05 bits per heavy atom. The highest BCUT2D eigenvalue weighted by atomic mass is 32.1. The highest BCUT2D eigenvalue weighted by Crippen LogP contribution is 2.27. The third-order valence-electron chi connectivity index (χ3n) is 3.41. The first-order chi connectivity index (χ1) is 10.1. The molecule has 0 radical (unpaired) electrons. The Morgan fingerprint density at radius 1 is 1.57 bits per heavy atom. The van der Waals surface area contributed by atoms with Crippen LogP contribution in [0.4, 0.5) is 10.5 Å². The van der Waals surface area contributed by atoms with E-state index in [0.717, 1.165) is 20.7 Å². The lowest BCUT2D eigenvalue weighted by Crippen LogP contribution is -2.27. The molecule has 1 aliphatic heterocycles. The number of carbonyl (C=O) groups excluding carboxylic acids is 1. The minimum atomic E-state index is -0.354. The molecule has 1 aromatic carbocycles. The number of carbonyl (C=O) groups is 1. The lowest BCUT2D eigenvalue weighted by molar-refractivity contribution is 0.145. The molecule has 21 heavy (non-hydrogen) atoms. The predicted octanol–water partition coefficient (Wildman–Crippen LogP) is 0.986. The van der Waals surface area contributed by atoms with Gasteiger partial charge in [-0.25, -0.2) is 4.79 Å². The monoisotopic (exact) mass is 308 g/mol. The van der Waals surface area contributed by atoms with Crippen molar-refractivity contribution in [1.82, 2.24) is 4.57 Å². The van der Waals surface area contributed by atoms with Crippen molar-refractivity contribution in [3.63, 3.8) is 0 Å². The van der Waals surface area contributed by atoms with E-state index in [-0.39, 0.29) is 12.2 Å². The average Bonchev–Trinajstić information content (AvgIpc) is 3.00. The predicted molar refractivity (Wildman–Crippen MR) is 80.0 cm³/mol. The first-order valence-electron chi connectivity index (χ1n) is 6.49. The van der Waals surface area contributed by atoms with Gasteiger partial charge in [0, 0.05) is 19.3 Å². The van der Waals surface area contributed by atoms with Gasteiger partial charge in [-0.05, 0) is 18.2 Å². The molecule has 0 saturated carbocycles. The van der Waals surface area contributed by atoms with Gasteiger partial charge in [0.2, 0.25) is 4.80 Å². The maximum absolute atomic E-state index is 11.9. The van der Waals surface area contributed by atoms with E-state index in [1.807, 2.05) is 29.8 Å². The number of benzene rings is 1. The number of amides is 1. The number of aromatic nitrogens is 1. The molecule has 2 N–H and O–H groups in total. The summed E-state index contributed by atoms with van der Waals surface area (Å²) in [5.74, 6) is 0. The Morgan fingerprint density at radius 2 is 2.38 bits per heavy atom. The summed E-state index contributed by atoms with van der Waals surface area (Å²) in [5.41, 5.74) is 7.38. The van der Waals surface area contributed by atoms with Crippen LogP contribution < -0.4 is 15.4 Å². The van der Waals surface area contributed by atoms with Crippen molar-refractivity contribution in [3.05, 3.63) is 23.0 Å². The number of aryl methyl sites for hydroxylation is 1. The van der Waals surface area contributed by atoms with Gasteiger partial charge >= 0.3 is 6.09 Å². The number of nitrogens with zero attached hydrogens (tertiary/aromatic N) is 3. The molecule has 112 valence electrons. The zero-order chi connectivity index (χ0) is 15.0. The zero-order valence-corrected chi connectivity index (χ0v) is 12.6. The van der Waals surface area contributed by atoms with E-state index in [0.29, 0.717) is 13.1 Å². The first kappa shape index (κ1) is 13.9. The number of hydrogen-bond acceptors (Lipinski definition) is 6. The number of fused-ring (bicyclic) bond motifs is 1. The molecule has 1 fully saturated rings. The topological polar surface area (TPSA) is 82.1 Å². The molecule has 3 rings (SSSR count). The maximum Gasteiger partial charge on any atom is 0.414 e. The molecule has 0 aliphatic carbocycles. The Kier molecular flexibility index (Phi) is 3.56. The highest BCUT2D eigenvalue weighted by molar-refractivity contribution is 7.16. The number of thiazole rings is 1. The fraction of sp³-hybridized carbons (Fsp3) is 0.385. The standard InChI is InChI=1S/C13H16N4O3S/c1-16-10-4-3-8(5-11(10)21-12(16)15-19-2)17-7-9(6-14)20-13(17)18/h3-5,9H,6-7,14H2,1-2H3. The second-order valence-corrected chi connectivity index (χ2v) is 5.73. The van der Waals surface area contributed by atoms with Crippen LogP contribution in [0.15, 0.2) is 23.4 Å². The van der Waals surface area contributed by atoms with E-state index in [1.54, 1.807) is 4.90 Å². The molecule has 1 aromatic heterocycles. The largest absolute Gasteiger partial charge is 0.443 e. The number of rotatable bonds is 3. The van der Waals surface area contributed by atoms with E-state index in [4.69, 9.17) is 15.3 Å². The Balaban J connectivity index is 2.02. The van der Waals surface area contributed by atoms with Gasteiger partial charge in [-0.3, -0.25) is 4.90 Å². The third kappa shape index (κ3) is 2.36. The molecule has 2 heterocycles. The molecule has 1 atom stereocenters. The van der Waals surface area contributed by atoms with E-state index in [9.17, 15) is 4.79 Å². The summed E-state index contributed by atoms with van der Waals surface area (Å²) in [6.07, 6.45) is -0.598. The summed E-state index contributed by atoms with van der Waals surface area (Å²) >= 11 is 1.50. The van der Waals surface area contributed by atoms with E-state index >= 15 is 0 Å². The third-order valence-corrected chi connectivity index (χ3v) is 4.49. The Hall–Kier alpha value is -2.06. The SMILES string of the molecule is CON=c1sc2cc(N3CC(CN)OC3=O)ccc2n1C. The quantitative estimate of drug-likeness (QED) is 0.857. The number of hydrogen-bond donors (Lipinski definition) is 1. The maximum atomic E-state index is 11.9. The number of anilines is 1. The van der Waals surface area contributed by atoms with Gasteiger partial charge in [-0.1, -0.05) is 16.5 Å². The molecule has 2 aromatic rings. The lowest BCUT2D eigenvalue weighted by Gasteiger charge is -2.12. The molecule has 8 heteroatoms. The first-order valence-corrected chi connectivity index (χ1v) is 7.30. The van der Waals surface area contributed by atoms with Crippen LogP contribution >= 0.6 is 11.3 Å². The van der Waals surface area contributed by atoms with E-state index in [1.165, 1.54) is 18.4 Å². The van der Waals surface area contributed by atoms with Crippen LogP contribution in [0.5, 0.6) is 0 Å². The van der Waals surface area contributed by atoms with Crippen molar-refractivity contribution >= 4 is 33.3 Å². The minimum absolute atomic E-state index is 0.244. The van der Waals surface area contributed by atoms with Crippen LogP contribution in [0.25, 0.3) is 10.2 Å². The fourth-order valence-electron chi connectivity index (χ4n) is 2.31. The molecule has 7 nitrogen and oxygen atoms in total. The Bertz CT molecular complexity index is 751. The summed E-state index contributed by atoms with van der Waals surface area (Å²) in [5, 5.41) is 3.97. The highest BCUT2D eigenvalue weighted by Gasteiger charge is 2.31. The lowest BCUT2D eigenvalue weighted by atomic mass is 10.2. The second-order valence-electron chi connectivity index (χ2n) is 4.72. The van der Waals surface area contributed by atoms with Gasteiger partial charge < -0.3 is 19.9 Å². The van der Waals surface area contributed by atoms with Crippen LogP contribution in [0.1, 0.15) is 0 Å². The molecule has 0 spiro atoms. The van der Waals surface area contributed by atoms with E-state index < -0.39 is 0 Å². The van der Waals surface area contributed by atoms with Crippen molar-refractivity contribution in [1.29, 1.82) is 0 Å². The van der Waals surface area contributed by atoms with Crippen molar-refractivity contribution in [2.45, 2.75) is 6.10 Å². The van der Waals surface area contributed by atoms with E-state index in [2.05, 4.69) is 5.16 Å². The smallest absolute Gasteiger partial charge is 0.414 e. The molecule has 1 saturated heterocycles. The van der Waals surface area contributed by atoms with Gasteiger partial charge in [-0.2, -0.15) is 0 Å². The molecular formula is C13H16N4O3S. The average molecular weight is 308 g/mol. The van der Waals surface area contributed by atoms with Crippen LogP contribution in [-0.4, -0.2) is 37.0 Å². The Labute approximate surface area is 125 Å². The van der Waals surface area contributed by atoms with Crippen LogP contribution in [0, 0.1) is 0 Å². The molecule has 0 bridgehead atoms. The van der Waals surface area contributed by atoms with Gasteiger partial charge in [0.25, 0.3) is 0 Å². The molecular weight excluding hydrogens is 292 g/mol. The molecule has 1 aliphatic rings. The zero-order valence-electron chi connectivity index (χ0n) is 11.8. The van der Waals surface area contributed by atoms with Crippen LogP contribution in [0.2, 0.25) is 0 Å². The summed E-state index contributed by atoms with van der Waals surface area (Å²) in [7, 11) is 3.44. The molecule has 1 amide bonds. The summed E-state index contributed by atoms with van der Waals surface area (Å²) in [4.78, 5) is 19.1. The van der Waals surface area contributed by atoms with Gasteiger partial charge in [0.1, 0.15) is 13.2 Å². The molecule has 1 unspecified atom stereocenters. The number of nitrogens with two attached hydrogens (primary N) is 1. The minimum Gasteiger partial charge on any atom is -0.443 e. The van der Waals surface area contributed by atoms with Crippen molar-refractivity contribution < 1.29 is 14.4 Å². The second kappa shape index (κ2) is 5.38. The summed E-state index contributed by atoms with van der Waals surface area (Å²) in [6.45, 7) is 0.808. The van der Waals surface area contributed by atoms with Crippen LogP contribution in [0.3, 0.4) is 0 Å². The summed E-state index contributed by atoms with van der Waals surface area (Å²) in [6, 6.07) is 5.81. The van der Waals surface area contributed by atoms with Crippen LogP contribution in [-0.2, 0) is 16.6 Å². The number of cyclic esters (lactones) is 1. The summed E-state index contributed by atoms with van der Waals surface area (Å²) < 4.78 is 8.14. The fourth-order valence-corrected chi connectivity index (χ4v) is 3.35. The van der Waals surface area contributed by atoms with Gasteiger partial charge in [-0.15, -0.1) is 0 Å². The van der Waals surface area contributed by atoms with Crippen molar-refractivity contribution in [3.8, 4) is 0 Å². The number of ether oxygens (including phenoxy) is 1. The normalized spacial score (nSPS) is 19.4. The van der Waals surface area contributed by atoms with Crippen molar-refractivity contribution in [2.75, 3.05) is 25.1 Å². The van der Waals surface area contributed by atoms with Gasteiger partial charge in [0.05, 0.1) is 16.8 Å². The van der Waals surface area contributed by atoms with Gasteiger partial charge in [0.15, 0.2) is 0 Å².